The maximum Gasteiger partial charge on any atom is 0.325 e. The van der Waals surface area contributed by atoms with Crippen LogP contribution in [0.2, 0.25) is 0 Å². The average molecular weight is 525 g/mol. The van der Waals surface area contributed by atoms with Crippen molar-refractivity contribution in [2.24, 2.45) is 0 Å². The Morgan fingerprint density at radius 3 is 2.62 bits per heavy atom. The Balaban J connectivity index is 1.60. The monoisotopic (exact) mass is 523 g/mol. The summed E-state index contributed by atoms with van der Waals surface area (Å²) >= 11 is 6.82. The van der Waals surface area contributed by atoms with Gasteiger partial charge < -0.3 is 14.8 Å². The number of carbonyl (C=O) groups excluding carboxylic acids is 1. The molecular formula is C20H19Br2N3O4. The largest absolute Gasteiger partial charge is 0.497 e. The van der Waals surface area contributed by atoms with Crippen LogP contribution in [0.5, 0.6) is 5.75 Å². The first-order valence-electron chi connectivity index (χ1n) is 8.79. The molecule has 152 valence electrons. The number of benzene rings is 2. The molecule has 3 aromatic rings. The number of aryl methyl sites for hydroxylation is 1. The highest BCUT2D eigenvalue weighted by Gasteiger charge is 2.12. The van der Waals surface area contributed by atoms with Gasteiger partial charge >= 0.3 is 5.97 Å². The summed E-state index contributed by atoms with van der Waals surface area (Å²) in [6.45, 7) is 2.08. The van der Waals surface area contributed by atoms with Gasteiger partial charge in [-0.05, 0) is 59.3 Å². The van der Waals surface area contributed by atoms with E-state index in [1.165, 1.54) is 4.57 Å². The molecule has 29 heavy (non-hydrogen) atoms. The molecule has 7 nitrogen and oxygen atoms in total. The molecule has 1 N–H and O–H groups in total. The molecule has 0 unspecified atom stereocenters. The molecule has 0 aliphatic heterocycles. The maximum absolute atomic E-state index is 12.8. The lowest BCUT2D eigenvalue weighted by Crippen LogP contribution is -2.27. The van der Waals surface area contributed by atoms with E-state index in [2.05, 4.69) is 42.2 Å². The van der Waals surface area contributed by atoms with Crippen LogP contribution in [0.1, 0.15) is 5.82 Å². The number of aromatic nitrogens is 2. The molecule has 0 amide bonds. The lowest BCUT2D eigenvalue weighted by molar-refractivity contribution is -0.141. The van der Waals surface area contributed by atoms with Crippen LogP contribution in [0.25, 0.3) is 10.9 Å². The molecule has 0 aliphatic carbocycles. The first-order chi connectivity index (χ1) is 13.9. The molecule has 1 aromatic heterocycles. The first-order valence-corrected chi connectivity index (χ1v) is 10.4. The van der Waals surface area contributed by atoms with E-state index in [1.54, 1.807) is 32.2 Å². The van der Waals surface area contributed by atoms with Crippen LogP contribution in [0.4, 0.5) is 5.69 Å². The Kier molecular flexibility index (Phi) is 6.92. The molecule has 2 aromatic carbocycles. The number of carbonyl (C=O) groups is 1. The predicted molar refractivity (Wildman–Crippen MR) is 119 cm³/mol. The van der Waals surface area contributed by atoms with Crippen LogP contribution < -0.4 is 15.6 Å². The van der Waals surface area contributed by atoms with Crippen LogP contribution in [0, 0.1) is 6.92 Å². The third kappa shape index (κ3) is 5.16. The summed E-state index contributed by atoms with van der Waals surface area (Å²) in [5.74, 6) is 0.880. The van der Waals surface area contributed by atoms with Gasteiger partial charge in [-0.3, -0.25) is 14.2 Å². The molecular weight excluding hydrogens is 506 g/mol. The van der Waals surface area contributed by atoms with Crippen molar-refractivity contribution in [2.75, 3.05) is 25.6 Å². The Morgan fingerprint density at radius 2 is 1.93 bits per heavy atom. The topological polar surface area (TPSA) is 82.4 Å². The van der Waals surface area contributed by atoms with Gasteiger partial charge in [0.15, 0.2) is 0 Å². The predicted octanol–water partition coefficient (Wildman–Crippen LogP) is 3.89. The van der Waals surface area contributed by atoms with E-state index in [0.717, 1.165) is 20.4 Å². The van der Waals surface area contributed by atoms with Crippen molar-refractivity contribution in [3.05, 3.63) is 61.5 Å². The molecule has 0 saturated carbocycles. The number of anilines is 1. The number of ether oxygens (including phenoxy) is 2. The minimum atomic E-state index is -0.411. The molecule has 1 heterocycles. The second-order valence-electron chi connectivity index (χ2n) is 6.20. The van der Waals surface area contributed by atoms with Gasteiger partial charge in [-0.15, -0.1) is 0 Å². The highest BCUT2D eigenvalue weighted by Crippen LogP contribution is 2.25. The van der Waals surface area contributed by atoms with Gasteiger partial charge in [-0.1, -0.05) is 15.9 Å². The zero-order valence-corrected chi connectivity index (χ0v) is 19.0. The number of rotatable bonds is 7. The van der Waals surface area contributed by atoms with Crippen LogP contribution in [-0.2, 0) is 16.1 Å². The van der Waals surface area contributed by atoms with Crippen molar-refractivity contribution < 1.29 is 14.3 Å². The van der Waals surface area contributed by atoms with Crippen LogP contribution >= 0.6 is 31.9 Å². The van der Waals surface area contributed by atoms with E-state index in [4.69, 9.17) is 9.47 Å². The third-order valence-corrected chi connectivity index (χ3v) is 5.34. The van der Waals surface area contributed by atoms with E-state index in [0.29, 0.717) is 16.7 Å². The lowest BCUT2D eigenvalue weighted by Gasteiger charge is -2.12. The van der Waals surface area contributed by atoms with Crippen LogP contribution in [-0.4, -0.2) is 35.8 Å². The summed E-state index contributed by atoms with van der Waals surface area (Å²) in [6.07, 6.45) is 0. The van der Waals surface area contributed by atoms with Gasteiger partial charge in [0.05, 0.1) is 24.6 Å². The Labute approximate surface area is 184 Å². The summed E-state index contributed by atoms with van der Waals surface area (Å²) in [4.78, 5) is 29.3. The Bertz CT molecular complexity index is 1100. The van der Waals surface area contributed by atoms with Crippen LogP contribution in [0.15, 0.2) is 50.1 Å². The molecule has 0 aliphatic rings. The second-order valence-corrected chi connectivity index (χ2v) is 7.97. The van der Waals surface area contributed by atoms with Gasteiger partial charge in [-0.2, -0.15) is 0 Å². The fraction of sp³-hybridized carbons (Fsp3) is 0.250. The fourth-order valence-corrected chi connectivity index (χ4v) is 4.12. The highest BCUT2D eigenvalue weighted by molar-refractivity contribution is 9.11. The minimum absolute atomic E-state index is 0.0239. The third-order valence-electron chi connectivity index (χ3n) is 4.27. The number of hydrogen-bond donors (Lipinski definition) is 1. The standard InChI is InChI=1S/C20H19Br2N3O4/c1-12-24-19-16(9-13(21)10-17(19)22)20(27)25(12)7-8-29-18(26)11-23-14-3-5-15(28-2)6-4-14/h3-6,9-10,23H,7-8,11H2,1-2H3. The second kappa shape index (κ2) is 9.41. The molecule has 0 bridgehead atoms. The summed E-state index contributed by atoms with van der Waals surface area (Å²) in [5, 5.41) is 3.47. The smallest absolute Gasteiger partial charge is 0.325 e. The summed E-state index contributed by atoms with van der Waals surface area (Å²) in [6, 6.07) is 10.8. The maximum atomic E-state index is 12.8. The van der Waals surface area contributed by atoms with Crippen molar-refractivity contribution in [2.45, 2.75) is 13.5 Å². The quantitative estimate of drug-likeness (QED) is 0.472. The SMILES string of the molecule is COc1ccc(NCC(=O)OCCn2c(C)nc3c(Br)cc(Br)cc3c2=O)cc1. The number of esters is 1. The van der Waals surface area contributed by atoms with E-state index in [9.17, 15) is 9.59 Å². The summed E-state index contributed by atoms with van der Waals surface area (Å²) in [7, 11) is 1.59. The van der Waals surface area contributed by atoms with Crippen molar-refractivity contribution in [3.8, 4) is 5.75 Å². The van der Waals surface area contributed by atoms with Gasteiger partial charge in [0, 0.05) is 14.6 Å². The van der Waals surface area contributed by atoms with Gasteiger partial charge in [0.2, 0.25) is 0 Å². The Hall–Kier alpha value is -2.39. The number of hydrogen-bond acceptors (Lipinski definition) is 6. The van der Waals surface area contributed by atoms with E-state index >= 15 is 0 Å². The van der Waals surface area contributed by atoms with Crippen molar-refractivity contribution >= 4 is 54.4 Å². The minimum Gasteiger partial charge on any atom is -0.497 e. The van der Waals surface area contributed by atoms with Crippen molar-refractivity contribution in [3.63, 3.8) is 0 Å². The fourth-order valence-electron chi connectivity index (χ4n) is 2.81. The van der Waals surface area contributed by atoms with Crippen molar-refractivity contribution in [1.29, 1.82) is 0 Å². The van der Waals surface area contributed by atoms with Crippen molar-refractivity contribution in [1.82, 2.24) is 9.55 Å². The first kappa shape index (κ1) is 21.3. The van der Waals surface area contributed by atoms with Gasteiger partial charge in [-0.25, -0.2) is 4.98 Å². The number of methoxy groups -OCH3 is 1. The molecule has 3 rings (SSSR count). The van der Waals surface area contributed by atoms with Gasteiger partial charge in [0.1, 0.15) is 24.7 Å². The molecule has 0 radical (unpaired) electrons. The normalized spacial score (nSPS) is 10.8. The van der Waals surface area contributed by atoms with E-state index < -0.39 is 5.97 Å². The number of nitrogens with one attached hydrogen (secondary N) is 1. The van der Waals surface area contributed by atoms with Gasteiger partial charge in [0.25, 0.3) is 5.56 Å². The highest BCUT2D eigenvalue weighted by atomic mass is 79.9. The average Bonchev–Trinajstić information content (AvgIpc) is 2.70. The van der Waals surface area contributed by atoms with E-state index in [-0.39, 0.29) is 25.3 Å². The lowest BCUT2D eigenvalue weighted by atomic mass is 10.2. The number of nitrogens with zero attached hydrogens (tertiary/aromatic N) is 2. The number of halogens is 2. The molecule has 0 atom stereocenters. The molecule has 0 saturated heterocycles. The molecule has 9 heteroatoms. The van der Waals surface area contributed by atoms with Crippen LogP contribution in [0.3, 0.4) is 0 Å². The zero-order chi connectivity index (χ0) is 21.0. The molecule has 0 spiro atoms. The summed E-state index contributed by atoms with van der Waals surface area (Å²) in [5.41, 5.74) is 1.21. The van der Waals surface area contributed by atoms with E-state index in [1.807, 2.05) is 18.2 Å². The molecule has 0 fully saturated rings. The number of fused-ring (bicyclic) bond motifs is 1. The summed E-state index contributed by atoms with van der Waals surface area (Å²) < 4.78 is 13.4. The zero-order valence-electron chi connectivity index (χ0n) is 15.9. The Morgan fingerprint density at radius 1 is 1.21 bits per heavy atom.